The highest BCUT2D eigenvalue weighted by Gasteiger charge is 2.32. The van der Waals surface area contributed by atoms with Crippen LogP contribution in [0.15, 0.2) is 77.9 Å². The maximum atomic E-state index is 14.1. The van der Waals surface area contributed by atoms with Crippen molar-refractivity contribution in [3.63, 3.8) is 0 Å². The molecule has 1 aliphatic rings. The van der Waals surface area contributed by atoms with Gasteiger partial charge in [-0.15, -0.1) is 0 Å². The van der Waals surface area contributed by atoms with E-state index in [4.69, 9.17) is 4.74 Å². The van der Waals surface area contributed by atoms with Crippen molar-refractivity contribution in [1.29, 1.82) is 0 Å². The van der Waals surface area contributed by atoms with Crippen LogP contribution in [0.3, 0.4) is 0 Å². The van der Waals surface area contributed by atoms with Gasteiger partial charge in [0.25, 0.3) is 5.91 Å². The van der Waals surface area contributed by atoms with E-state index in [0.717, 1.165) is 46.9 Å². The van der Waals surface area contributed by atoms with Crippen LogP contribution in [0.5, 0.6) is 0 Å². The van der Waals surface area contributed by atoms with Gasteiger partial charge in [0.05, 0.1) is 18.3 Å². The molecular formula is C30H31N3O3. The topological polar surface area (TPSA) is 64.4 Å². The molecule has 0 N–H and O–H groups in total. The third-order valence-electron chi connectivity index (χ3n) is 7.16. The summed E-state index contributed by atoms with van der Waals surface area (Å²) < 4.78 is 7.61. The number of nitrogens with zero attached hydrogens (tertiary/aromatic N) is 3. The fourth-order valence-corrected chi connectivity index (χ4v) is 5.40. The van der Waals surface area contributed by atoms with Crippen LogP contribution in [0.4, 0.5) is 0 Å². The third-order valence-corrected chi connectivity index (χ3v) is 7.16. The maximum Gasteiger partial charge on any atom is 0.260 e. The second-order valence-electron chi connectivity index (χ2n) is 9.43. The van der Waals surface area contributed by atoms with Gasteiger partial charge in [-0.3, -0.25) is 14.6 Å². The van der Waals surface area contributed by atoms with E-state index in [1.54, 1.807) is 19.4 Å². The van der Waals surface area contributed by atoms with E-state index >= 15 is 0 Å². The molecule has 2 aromatic heterocycles. The number of hydrogen-bond acceptors (Lipinski definition) is 4. The number of fused-ring (bicyclic) bond motifs is 1. The number of aromatic nitrogens is 2. The Morgan fingerprint density at radius 1 is 1.08 bits per heavy atom. The average molecular weight is 482 g/mol. The smallest absolute Gasteiger partial charge is 0.260 e. The first-order chi connectivity index (χ1) is 17.6. The normalized spacial score (nSPS) is 15.8. The summed E-state index contributed by atoms with van der Waals surface area (Å²) in [5, 5.41) is 2.31. The van der Waals surface area contributed by atoms with Crippen molar-refractivity contribution in [3.05, 3.63) is 111 Å². The highest BCUT2D eigenvalue weighted by molar-refractivity contribution is 5.95. The van der Waals surface area contributed by atoms with E-state index in [9.17, 15) is 9.59 Å². The largest absolute Gasteiger partial charge is 0.378 e. The maximum absolute atomic E-state index is 14.1. The molecule has 4 aromatic rings. The van der Waals surface area contributed by atoms with E-state index in [1.165, 1.54) is 0 Å². The third kappa shape index (κ3) is 4.56. The fourth-order valence-electron chi connectivity index (χ4n) is 5.40. The summed E-state index contributed by atoms with van der Waals surface area (Å²) in [5.74, 6) is -0.229. The highest BCUT2D eigenvalue weighted by atomic mass is 16.5. The van der Waals surface area contributed by atoms with Crippen LogP contribution >= 0.6 is 0 Å². The van der Waals surface area contributed by atoms with Crippen molar-refractivity contribution in [3.8, 4) is 0 Å². The van der Waals surface area contributed by atoms with Gasteiger partial charge in [-0.1, -0.05) is 48.5 Å². The van der Waals surface area contributed by atoms with Crippen LogP contribution in [0.2, 0.25) is 0 Å². The molecule has 1 aliphatic heterocycles. The van der Waals surface area contributed by atoms with E-state index in [1.807, 2.05) is 48.4 Å². The van der Waals surface area contributed by atoms with Gasteiger partial charge in [0.1, 0.15) is 5.56 Å². The fraction of sp³-hybridized carbons (Fsp3) is 0.300. The molecule has 5 rings (SSSR count). The van der Waals surface area contributed by atoms with Gasteiger partial charge in [0.15, 0.2) is 5.43 Å². The molecule has 6 heteroatoms. The van der Waals surface area contributed by atoms with Crippen molar-refractivity contribution >= 4 is 16.7 Å². The van der Waals surface area contributed by atoms with Gasteiger partial charge in [0, 0.05) is 44.4 Å². The quantitative estimate of drug-likeness (QED) is 0.377. The van der Waals surface area contributed by atoms with Gasteiger partial charge in [-0.2, -0.15) is 0 Å². The van der Waals surface area contributed by atoms with Crippen LogP contribution in [0.1, 0.15) is 58.2 Å². The van der Waals surface area contributed by atoms with Crippen molar-refractivity contribution in [2.75, 3.05) is 13.7 Å². The van der Waals surface area contributed by atoms with E-state index in [2.05, 4.69) is 33.8 Å². The van der Waals surface area contributed by atoms with E-state index in [-0.39, 0.29) is 29.5 Å². The molecule has 0 aliphatic carbocycles. The minimum Gasteiger partial charge on any atom is -0.378 e. The summed E-state index contributed by atoms with van der Waals surface area (Å²) in [7, 11) is 1.60. The Morgan fingerprint density at radius 3 is 2.72 bits per heavy atom. The highest BCUT2D eigenvalue weighted by Crippen LogP contribution is 2.32. The van der Waals surface area contributed by atoms with Crippen LogP contribution in [0, 0.1) is 6.92 Å². The molecule has 3 heterocycles. The summed E-state index contributed by atoms with van der Waals surface area (Å²) in [5.41, 5.74) is 3.51. The Balaban J connectivity index is 1.60. The second-order valence-corrected chi connectivity index (χ2v) is 9.43. The number of hydrogen-bond donors (Lipinski definition) is 0. The molecule has 0 saturated carbocycles. The Bertz CT molecular complexity index is 1440. The predicted molar refractivity (Wildman–Crippen MR) is 141 cm³/mol. The first kappa shape index (κ1) is 23.9. The number of ether oxygens (including phenoxy) is 1. The number of methoxy groups -OCH3 is 1. The number of piperidine rings is 1. The molecular weight excluding hydrogens is 450 g/mol. The lowest BCUT2D eigenvalue weighted by Crippen LogP contribution is -2.42. The first-order valence-electron chi connectivity index (χ1n) is 12.5. The number of likely N-dealkylation sites (tertiary alicyclic amines) is 1. The monoisotopic (exact) mass is 481 g/mol. The number of rotatable bonds is 6. The Kier molecular flexibility index (Phi) is 6.96. The van der Waals surface area contributed by atoms with Crippen LogP contribution in [0.25, 0.3) is 10.8 Å². The lowest BCUT2D eigenvalue weighted by atomic mass is 9.95. The average Bonchev–Trinajstić information content (AvgIpc) is 2.91. The molecule has 0 radical (unpaired) electrons. The molecule has 1 fully saturated rings. The number of pyridine rings is 2. The zero-order valence-electron chi connectivity index (χ0n) is 20.8. The number of benzene rings is 2. The summed E-state index contributed by atoms with van der Waals surface area (Å²) >= 11 is 0. The molecule has 1 atom stereocenters. The SMILES string of the molecule is COCc1c(C(=O)N2CCCC[C@H]2c2cccnc2)c(=O)cc(C)n1Cc1cccc2ccccc12. The van der Waals surface area contributed by atoms with Gasteiger partial charge in [0.2, 0.25) is 0 Å². The molecule has 0 spiro atoms. The molecule has 2 aromatic carbocycles. The predicted octanol–water partition coefficient (Wildman–Crippen LogP) is 5.27. The molecule has 1 amide bonds. The first-order valence-corrected chi connectivity index (χ1v) is 12.5. The lowest BCUT2D eigenvalue weighted by molar-refractivity contribution is 0.0603. The summed E-state index contributed by atoms with van der Waals surface area (Å²) in [6.45, 7) is 3.24. The Hall–Kier alpha value is -3.77. The number of carbonyl (C=O) groups excluding carboxylic acids is 1. The molecule has 36 heavy (non-hydrogen) atoms. The second kappa shape index (κ2) is 10.5. The van der Waals surface area contributed by atoms with Gasteiger partial charge in [-0.05, 0) is 54.2 Å². The zero-order chi connectivity index (χ0) is 25.1. The Morgan fingerprint density at radius 2 is 1.92 bits per heavy atom. The van der Waals surface area contributed by atoms with Crippen LogP contribution < -0.4 is 5.43 Å². The molecule has 0 bridgehead atoms. The van der Waals surface area contributed by atoms with Crippen molar-refractivity contribution in [2.45, 2.75) is 45.4 Å². The molecule has 0 unspecified atom stereocenters. The minimum absolute atomic E-state index is 0.0948. The number of amides is 1. The van der Waals surface area contributed by atoms with Gasteiger partial charge >= 0.3 is 0 Å². The zero-order valence-corrected chi connectivity index (χ0v) is 20.8. The van der Waals surface area contributed by atoms with Crippen LogP contribution in [-0.2, 0) is 17.9 Å². The Labute approximate surface area is 211 Å². The number of carbonyl (C=O) groups is 1. The molecule has 6 nitrogen and oxygen atoms in total. The summed E-state index contributed by atoms with van der Waals surface area (Å²) in [6, 6.07) is 19.9. The van der Waals surface area contributed by atoms with Crippen molar-refractivity contribution < 1.29 is 9.53 Å². The van der Waals surface area contributed by atoms with Gasteiger partial charge in [-0.25, -0.2) is 0 Å². The number of aryl methyl sites for hydroxylation is 1. The molecule has 1 saturated heterocycles. The minimum atomic E-state index is -0.255. The lowest BCUT2D eigenvalue weighted by Gasteiger charge is -2.36. The summed E-state index contributed by atoms with van der Waals surface area (Å²) in [6.07, 6.45) is 6.36. The van der Waals surface area contributed by atoms with Gasteiger partial charge < -0.3 is 14.2 Å². The standard InChI is InChI=1S/C30H31N3O3/c1-21-17-28(34)29(30(35)32-16-6-5-14-26(32)23-12-8-15-31-18-23)27(20-36-2)33(21)19-24-11-7-10-22-9-3-4-13-25(22)24/h3-4,7-13,15,17-18,26H,5-6,14,16,19-20H2,1-2H3/t26-/m0/s1. The molecule has 184 valence electrons. The van der Waals surface area contributed by atoms with Crippen molar-refractivity contribution in [1.82, 2.24) is 14.5 Å². The van der Waals surface area contributed by atoms with Crippen LogP contribution in [-0.4, -0.2) is 34.0 Å². The van der Waals surface area contributed by atoms with E-state index < -0.39 is 0 Å². The summed E-state index contributed by atoms with van der Waals surface area (Å²) in [4.78, 5) is 33.5. The van der Waals surface area contributed by atoms with Crippen molar-refractivity contribution in [2.24, 2.45) is 0 Å². The van der Waals surface area contributed by atoms with E-state index in [0.29, 0.717) is 18.8 Å².